The number of nitrogens with zero attached hydrogens (tertiary/aromatic N) is 2. The van der Waals surface area contributed by atoms with Gasteiger partial charge in [0.2, 0.25) is 11.8 Å². The Hall–Kier alpha value is -1.18. The summed E-state index contributed by atoms with van der Waals surface area (Å²) in [6.45, 7) is 2.58. The number of rotatable bonds is 0. The minimum absolute atomic E-state index is 0.0440. The van der Waals surface area contributed by atoms with Crippen LogP contribution in [0.3, 0.4) is 0 Å². The molecule has 1 saturated heterocycles. The molecule has 12 heavy (non-hydrogen) atoms. The lowest BCUT2D eigenvalue weighted by Gasteiger charge is -2.31. The lowest BCUT2D eigenvalue weighted by molar-refractivity contribution is -0.417. The normalized spacial score (nSPS) is 17.8. The molecule has 1 aliphatic heterocycles. The Labute approximate surface area is 68.6 Å². The van der Waals surface area contributed by atoms with E-state index < -0.39 is 0 Å². The first-order valence-corrected chi connectivity index (χ1v) is 3.26. The molecular formula is C5H9N3O4. The predicted octanol–water partition coefficient (Wildman–Crippen LogP) is -1.06. The van der Waals surface area contributed by atoms with E-state index in [-0.39, 0.29) is 18.5 Å². The SMILES string of the molecule is CC(=O)N1CN(C(C)=O)ONO1. The van der Waals surface area contributed by atoms with Gasteiger partial charge in [0.05, 0.1) is 0 Å². The molecule has 1 fully saturated rings. The quantitative estimate of drug-likeness (QED) is 0.508. The van der Waals surface area contributed by atoms with Crippen LogP contribution in [0.25, 0.3) is 0 Å². The van der Waals surface area contributed by atoms with Crippen LogP contribution in [-0.2, 0) is 19.5 Å². The van der Waals surface area contributed by atoms with Crippen LogP contribution in [-0.4, -0.2) is 28.6 Å². The van der Waals surface area contributed by atoms with E-state index in [9.17, 15) is 9.59 Å². The molecule has 0 saturated carbocycles. The van der Waals surface area contributed by atoms with Crippen LogP contribution in [0.15, 0.2) is 0 Å². The van der Waals surface area contributed by atoms with E-state index in [4.69, 9.17) is 0 Å². The van der Waals surface area contributed by atoms with Gasteiger partial charge in [-0.1, -0.05) is 0 Å². The molecular weight excluding hydrogens is 166 g/mol. The maximum Gasteiger partial charge on any atom is 0.246 e. The van der Waals surface area contributed by atoms with Crippen LogP contribution in [0, 0.1) is 0 Å². The Morgan fingerprint density at radius 3 is 1.92 bits per heavy atom. The van der Waals surface area contributed by atoms with Gasteiger partial charge in [0.25, 0.3) is 0 Å². The predicted molar refractivity (Wildman–Crippen MR) is 35.2 cm³/mol. The number of carbonyl (C=O) groups excluding carboxylic acids is 2. The van der Waals surface area contributed by atoms with E-state index in [1.165, 1.54) is 13.8 Å². The van der Waals surface area contributed by atoms with Crippen molar-refractivity contribution in [2.24, 2.45) is 0 Å². The molecule has 1 rings (SSSR count). The van der Waals surface area contributed by atoms with E-state index in [2.05, 4.69) is 9.88 Å². The molecule has 68 valence electrons. The summed E-state index contributed by atoms with van der Waals surface area (Å²) in [6.07, 6.45) is 0. The van der Waals surface area contributed by atoms with Crippen LogP contribution < -0.4 is 5.64 Å². The third-order valence-corrected chi connectivity index (χ3v) is 1.25. The molecule has 7 heteroatoms. The highest BCUT2D eigenvalue weighted by molar-refractivity contribution is 5.74. The van der Waals surface area contributed by atoms with E-state index in [0.29, 0.717) is 0 Å². The van der Waals surface area contributed by atoms with Gasteiger partial charge in [-0.15, -0.1) is 0 Å². The van der Waals surface area contributed by atoms with Crippen molar-refractivity contribution in [1.82, 2.24) is 15.8 Å². The van der Waals surface area contributed by atoms with Gasteiger partial charge in [-0.2, -0.15) is 20.0 Å². The second kappa shape index (κ2) is 3.48. The molecule has 0 atom stereocenters. The van der Waals surface area contributed by atoms with Gasteiger partial charge >= 0.3 is 0 Å². The Kier molecular flexibility index (Phi) is 2.58. The summed E-state index contributed by atoms with van der Waals surface area (Å²) < 4.78 is 0. The van der Waals surface area contributed by atoms with E-state index in [0.717, 1.165) is 10.1 Å². The molecule has 7 nitrogen and oxygen atoms in total. The molecule has 1 aliphatic rings. The van der Waals surface area contributed by atoms with Crippen LogP contribution in [0.5, 0.6) is 0 Å². The summed E-state index contributed by atoms with van der Waals surface area (Å²) in [5.74, 6) is -0.644. The van der Waals surface area contributed by atoms with Crippen molar-refractivity contribution in [3.63, 3.8) is 0 Å². The highest BCUT2D eigenvalue weighted by Gasteiger charge is 2.23. The zero-order valence-electron chi connectivity index (χ0n) is 6.73. The molecule has 0 aliphatic carbocycles. The maximum absolute atomic E-state index is 10.7. The van der Waals surface area contributed by atoms with Crippen molar-refractivity contribution in [3.05, 3.63) is 0 Å². The second-order valence-electron chi connectivity index (χ2n) is 2.20. The van der Waals surface area contributed by atoms with Crippen LogP contribution in [0.1, 0.15) is 13.8 Å². The van der Waals surface area contributed by atoms with E-state index >= 15 is 0 Å². The summed E-state index contributed by atoms with van der Waals surface area (Å²) in [5, 5.41) is 1.90. The topological polar surface area (TPSA) is 71.1 Å². The summed E-state index contributed by atoms with van der Waals surface area (Å²) in [5.41, 5.74) is 1.96. The molecule has 0 bridgehead atoms. The van der Waals surface area contributed by atoms with E-state index in [1.54, 1.807) is 0 Å². The summed E-state index contributed by atoms with van der Waals surface area (Å²) >= 11 is 0. The zero-order chi connectivity index (χ0) is 9.14. The lowest BCUT2D eigenvalue weighted by atomic mass is 10.6. The minimum atomic E-state index is -0.322. The number of amides is 2. The largest absolute Gasteiger partial charge is 0.273 e. The first-order valence-electron chi connectivity index (χ1n) is 3.26. The average Bonchev–Trinajstić information content (AvgIpc) is 2.04. The zero-order valence-corrected chi connectivity index (χ0v) is 6.73. The molecule has 0 aromatic rings. The summed E-state index contributed by atoms with van der Waals surface area (Å²) in [4.78, 5) is 30.5. The highest BCUT2D eigenvalue weighted by Crippen LogP contribution is 2.01. The smallest absolute Gasteiger partial charge is 0.246 e. The average molecular weight is 175 g/mol. The summed E-state index contributed by atoms with van der Waals surface area (Å²) in [6, 6.07) is 0. The second-order valence-corrected chi connectivity index (χ2v) is 2.20. The fourth-order valence-electron chi connectivity index (χ4n) is 0.609. The Morgan fingerprint density at radius 1 is 1.17 bits per heavy atom. The van der Waals surface area contributed by atoms with Crippen LogP contribution in [0.2, 0.25) is 0 Å². The molecule has 0 aromatic carbocycles. The first kappa shape index (κ1) is 8.91. The lowest BCUT2D eigenvalue weighted by Crippen LogP contribution is -2.52. The Bertz CT molecular complexity index is 187. The van der Waals surface area contributed by atoms with Crippen molar-refractivity contribution >= 4 is 11.8 Å². The van der Waals surface area contributed by atoms with E-state index in [1.807, 2.05) is 5.64 Å². The highest BCUT2D eigenvalue weighted by atomic mass is 17.1. The van der Waals surface area contributed by atoms with Crippen LogP contribution in [0.4, 0.5) is 0 Å². The molecule has 0 aromatic heterocycles. The fourth-order valence-corrected chi connectivity index (χ4v) is 0.609. The molecule has 2 amide bonds. The van der Waals surface area contributed by atoms with Crippen LogP contribution >= 0.6 is 0 Å². The van der Waals surface area contributed by atoms with Gasteiger partial charge in [0.1, 0.15) is 0 Å². The number of nitrogens with one attached hydrogen (secondary N) is 1. The fraction of sp³-hybridized carbons (Fsp3) is 0.600. The molecule has 0 radical (unpaired) electrons. The standard InChI is InChI=1S/C5H9N3O4/c1-4(9)7-3-8(5(2)10)12-6-11-7/h6H,3H2,1-2H3. The third kappa shape index (κ3) is 1.91. The first-order chi connectivity index (χ1) is 5.61. The van der Waals surface area contributed by atoms with Gasteiger partial charge in [0.15, 0.2) is 6.67 Å². The summed E-state index contributed by atoms with van der Waals surface area (Å²) in [7, 11) is 0. The van der Waals surface area contributed by atoms with Gasteiger partial charge in [-0.25, -0.2) is 0 Å². The van der Waals surface area contributed by atoms with Crippen molar-refractivity contribution in [2.45, 2.75) is 13.8 Å². The van der Waals surface area contributed by atoms with Crippen molar-refractivity contribution in [2.75, 3.05) is 6.67 Å². The number of carbonyl (C=O) groups is 2. The van der Waals surface area contributed by atoms with Gasteiger partial charge in [-0.3, -0.25) is 9.59 Å². The monoisotopic (exact) mass is 175 g/mol. The number of hydrogen-bond acceptors (Lipinski definition) is 5. The van der Waals surface area contributed by atoms with Gasteiger partial charge in [-0.05, 0) is 5.64 Å². The van der Waals surface area contributed by atoms with Crippen molar-refractivity contribution < 1.29 is 19.5 Å². The van der Waals surface area contributed by atoms with Crippen molar-refractivity contribution in [3.8, 4) is 0 Å². The molecule has 0 unspecified atom stereocenters. The molecule has 1 N–H and O–H groups in total. The minimum Gasteiger partial charge on any atom is -0.273 e. The van der Waals surface area contributed by atoms with Gasteiger partial charge in [0, 0.05) is 13.8 Å². The van der Waals surface area contributed by atoms with Gasteiger partial charge < -0.3 is 0 Å². The Morgan fingerprint density at radius 2 is 1.58 bits per heavy atom. The third-order valence-electron chi connectivity index (χ3n) is 1.25. The number of hydrogen-bond donors (Lipinski definition) is 1. The number of hydroxylamine groups is 4. The van der Waals surface area contributed by atoms with Crippen molar-refractivity contribution in [1.29, 1.82) is 0 Å². The molecule has 0 spiro atoms. The maximum atomic E-state index is 10.7. The molecule has 1 heterocycles. The Balaban J connectivity index is 2.51.